The zero-order valence-corrected chi connectivity index (χ0v) is 11.4. The van der Waals surface area contributed by atoms with Gasteiger partial charge in [-0.3, -0.25) is 0 Å². The fourth-order valence-corrected chi connectivity index (χ4v) is 1.85. The highest BCUT2D eigenvalue weighted by Crippen LogP contribution is 2.20. The molecule has 4 heteroatoms. The molecule has 0 amide bonds. The first-order valence-electron chi connectivity index (χ1n) is 6.20. The summed E-state index contributed by atoms with van der Waals surface area (Å²) in [6.45, 7) is 1.85. The van der Waals surface area contributed by atoms with Crippen LogP contribution < -0.4 is 15.8 Å². The summed E-state index contributed by atoms with van der Waals surface area (Å²) in [4.78, 5) is 0. The normalized spacial score (nSPS) is 10.2. The zero-order valence-electron chi connectivity index (χ0n) is 10.6. The lowest BCUT2D eigenvalue weighted by Gasteiger charge is -2.09. The van der Waals surface area contributed by atoms with Gasteiger partial charge in [-0.05, 0) is 30.3 Å². The van der Waals surface area contributed by atoms with Gasteiger partial charge in [0.25, 0.3) is 0 Å². The molecule has 2 aromatic carbocycles. The van der Waals surface area contributed by atoms with E-state index in [2.05, 4.69) is 5.32 Å². The average molecular weight is 277 g/mol. The Hall–Kier alpha value is -1.71. The van der Waals surface area contributed by atoms with E-state index in [1.165, 1.54) is 0 Å². The fraction of sp³-hybridized carbons (Fsp3) is 0.200. The molecule has 100 valence electrons. The van der Waals surface area contributed by atoms with Gasteiger partial charge in [0, 0.05) is 29.4 Å². The van der Waals surface area contributed by atoms with Gasteiger partial charge in [-0.25, -0.2) is 0 Å². The lowest BCUT2D eigenvalue weighted by Crippen LogP contribution is -2.12. The maximum Gasteiger partial charge on any atom is 0.119 e. The van der Waals surface area contributed by atoms with E-state index in [0.717, 1.165) is 28.6 Å². The van der Waals surface area contributed by atoms with E-state index < -0.39 is 0 Å². The Kier molecular flexibility index (Phi) is 5.07. The van der Waals surface area contributed by atoms with Crippen LogP contribution in [0.4, 0.5) is 5.69 Å². The smallest absolute Gasteiger partial charge is 0.119 e. The maximum atomic E-state index is 6.07. The van der Waals surface area contributed by atoms with Crippen molar-refractivity contribution in [2.75, 3.05) is 18.4 Å². The lowest BCUT2D eigenvalue weighted by molar-refractivity contribution is 0.306. The molecule has 0 aliphatic carbocycles. The van der Waals surface area contributed by atoms with Crippen molar-refractivity contribution in [1.29, 1.82) is 0 Å². The molecule has 0 fully saturated rings. The standard InChI is InChI=1S/C15H17ClN2O/c16-15-4-2-1-3-12(15)11-19-14-7-5-13(6-8-14)18-10-9-17/h1-8,18H,9-11,17H2. The van der Waals surface area contributed by atoms with Crippen LogP contribution in [0.15, 0.2) is 48.5 Å². The number of nitrogens with one attached hydrogen (secondary N) is 1. The molecule has 0 aromatic heterocycles. The van der Waals surface area contributed by atoms with Gasteiger partial charge < -0.3 is 15.8 Å². The van der Waals surface area contributed by atoms with Crippen molar-refractivity contribution in [3.63, 3.8) is 0 Å². The van der Waals surface area contributed by atoms with E-state index in [0.29, 0.717) is 13.2 Å². The summed E-state index contributed by atoms with van der Waals surface area (Å²) in [5.74, 6) is 0.818. The van der Waals surface area contributed by atoms with E-state index in [1.54, 1.807) is 0 Å². The molecule has 0 aliphatic heterocycles. The van der Waals surface area contributed by atoms with Crippen molar-refractivity contribution in [2.45, 2.75) is 6.61 Å². The number of rotatable bonds is 6. The minimum atomic E-state index is 0.468. The predicted molar refractivity (Wildman–Crippen MR) is 79.8 cm³/mol. The number of anilines is 1. The number of hydrogen-bond donors (Lipinski definition) is 2. The highest BCUT2D eigenvalue weighted by molar-refractivity contribution is 6.31. The highest BCUT2D eigenvalue weighted by atomic mass is 35.5. The summed E-state index contributed by atoms with van der Waals surface area (Å²) in [5.41, 5.74) is 7.45. The van der Waals surface area contributed by atoms with E-state index in [1.807, 2.05) is 48.5 Å². The van der Waals surface area contributed by atoms with Crippen LogP contribution in [0, 0.1) is 0 Å². The van der Waals surface area contributed by atoms with Crippen molar-refractivity contribution >= 4 is 17.3 Å². The Morgan fingerprint density at radius 3 is 2.47 bits per heavy atom. The predicted octanol–water partition coefficient (Wildman–Crippen LogP) is 3.29. The molecule has 0 saturated carbocycles. The third kappa shape index (κ3) is 4.16. The summed E-state index contributed by atoms with van der Waals surface area (Å²) in [5, 5.41) is 3.93. The van der Waals surface area contributed by atoms with Crippen LogP contribution in [0.5, 0.6) is 5.75 Å². The first-order valence-corrected chi connectivity index (χ1v) is 6.57. The van der Waals surface area contributed by atoms with Crippen molar-refractivity contribution in [1.82, 2.24) is 0 Å². The third-order valence-electron chi connectivity index (χ3n) is 2.68. The molecule has 0 radical (unpaired) electrons. The van der Waals surface area contributed by atoms with Crippen molar-refractivity contribution in [3.8, 4) is 5.75 Å². The number of hydrogen-bond acceptors (Lipinski definition) is 3. The minimum Gasteiger partial charge on any atom is -0.489 e. The molecule has 3 nitrogen and oxygen atoms in total. The van der Waals surface area contributed by atoms with Crippen LogP contribution in [0.2, 0.25) is 5.02 Å². The van der Waals surface area contributed by atoms with E-state index in [4.69, 9.17) is 22.1 Å². The first kappa shape index (κ1) is 13.7. The van der Waals surface area contributed by atoms with Gasteiger partial charge in [-0.15, -0.1) is 0 Å². The van der Waals surface area contributed by atoms with Crippen molar-refractivity contribution < 1.29 is 4.74 Å². The molecule has 3 N–H and O–H groups in total. The van der Waals surface area contributed by atoms with Crippen molar-refractivity contribution in [2.24, 2.45) is 5.73 Å². The molecule has 2 aromatic rings. The van der Waals surface area contributed by atoms with Gasteiger partial charge >= 0.3 is 0 Å². The second kappa shape index (κ2) is 7.02. The van der Waals surface area contributed by atoms with Crippen LogP contribution in [0.25, 0.3) is 0 Å². The summed E-state index contributed by atoms with van der Waals surface area (Å²) in [6.07, 6.45) is 0. The Morgan fingerprint density at radius 2 is 1.79 bits per heavy atom. The van der Waals surface area contributed by atoms with Crippen LogP contribution in [-0.2, 0) is 6.61 Å². The van der Waals surface area contributed by atoms with Gasteiger partial charge in [0.15, 0.2) is 0 Å². The summed E-state index contributed by atoms with van der Waals surface area (Å²) < 4.78 is 5.70. The molecule has 0 unspecified atom stereocenters. The Bertz CT molecular complexity index is 514. The van der Waals surface area contributed by atoms with Crippen LogP contribution in [0.3, 0.4) is 0 Å². The Balaban J connectivity index is 1.91. The maximum absolute atomic E-state index is 6.07. The first-order chi connectivity index (χ1) is 9.29. The summed E-state index contributed by atoms with van der Waals surface area (Å²) in [7, 11) is 0. The average Bonchev–Trinajstić information content (AvgIpc) is 2.45. The molecular weight excluding hydrogens is 260 g/mol. The van der Waals surface area contributed by atoms with E-state index in [9.17, 15) is 0 Å². The second-order valence-electron chi connectivity index (χ2n) is 4.12. The van der Waals surface area contributed by atoms with E-state index >= 15 is 0 Å². The van der Waals surface area contributed by atoms with Crippen molar-refractivity contribution in [3.05, 3.63) is 59.1 Å². The number of halogens is 1. The molecule has 0 saturated heterocycles. The Morgan fingerprint density at radius 1 is 1.05 bits per heavy atom. The monoisotopic (exact) mass is 276 g/mol. The number of nitrogens with two attached hydrogens (primary N) is 1. The van der Waals surface area contributed by atoms with Crippen LogP contribution >= 0.6 is 11.6 Å². The third-order valence-corrected chi connectivity index (χ3v) is 3.05. The molecule has 0 bridgehead atoms. The highest BCUT2D eigenvalue weighted by Gasteiger charge is 2.00. The van der Waals surface area contributed by atoms with Crippen LogP contribution in [0.1, 0.15) is 5.56 Å². The quantitative estimate of drug-likeness (QED) is 0.851. The van der Waals surface area contributed by atoms with Gasteiger partial charge in [0.2, 0.25) is 0 Å². The molecule has 19 heavy (non-hydrogen) atoms. The fourth-order valence-electron chi connectivity index (χ4n) is 1.66. The largest absolute Gasteiger partial charge is 0.489 e. The molecule has 2 rings (SSSR count). The molecular formula is C15H17ClN2O. The zero-order chi connectivity index (χ0) is 13.5. The lowest BCUT2D eigenvalue weighted by atomic mass is 10.2. The summed E-state index contributed by atoms with van der Waals surface area (Å²) in [6, 6.07) is 15.5. The number of ether oxygens (including phenoxy) is 1. The van der Waals surface area contributed by atoms with Gasteiger partial charge in [0.05, 0.1) is 0 Å². The number of benzene rings is 2. The minimum absolute atomic E-state index is 0.468. The molecule has 0 spiro atoms. The van der Waals surface area contributed by atoms with Crippen LogP contribution in [-0.4, -0.2) is 13.1 Å². The van der Waals surface area contributed by atoms with E-state index in [-0.39, 0.29) is 0 Å². The molecule has 0 atom stereocenters. The van der Waals surface area contributed by atoms with Gasteiger partial charge in [-0.1, -0.05) is 29.8 Å². The Labute approximate surface area is 118 Å². The topological polar surface area (TPSA) is 47.3 Å². The molecule has 0 heterocycles. The summed E-state index contributed by atoms with van der Waals surface area (Å²) >= 11 is 6.07. The SMILES string of the molecule is NCCNc1ccc(OCc2ccccc2Cl)cc1. The van der Waals surface area contributed by atoms with Gasteiger partial charge in [-0.2, -0.15) is 0 Å². The van der Waals surface area contributed by atoms with Gasteiger partial charge in [0.1, 0.15) is 12.4 Å². The second-order valence-corrected chi connectivity index (χ2v) is 4.53. The molecule has 0 aliphatic rings.